The first-order valence-electron chi connectivity index (χ1n) is 4.97. The average Bonchev–Trinajstić information content (AvgIpc) is 2.16. The van der Waals surface area contributed by atoms with Crippen molar-refractivity contribution in [1.82, 2.24) is 10.9 Å². The summed E-state index contributed by atoms with van der Waals surface area (Å²) in [5, 5.41) is 0. The van der Waals surface area contributed by atoms with Gasteiger partial charge in [0.1, 0.15) is 0 Å². The van der Waals surface area contributed by atoms with Gasteiger partial charge in [-0.1, -0.05) is 26.7 Å². The van der Waals surface area contributed by atoms with Crippen LogP contribution in [0.5, 0.6) is 0 Å². The van der Waals surface area contributed by atoms with Crippen molar-refractivity contribution in [3.05, 3.63) is 0 Å². The highest BCUT2D eigenvalue weighted by atomic mass is 16.2. The van der Waals surface area contributed by atoms with Crippen molar-refractivity contribution < 1.29 is 9.59 Å². The molecule has 0 bridgehead atoms. The van der Waals surface area contributed by atoms with E-state index in [0.717, 1.165) is 25.7 Å². The highest BCUT2D eigenvalue weighted by molar-refractivity contribution is 5.81. The molecule has 82 valence electrons. The standard InChI is InChI=1S/C9H19N3O2/c1-3-5-6-7(4-2)8(13)11-12-9(10)14/h7H,3-6H2,1-2H3,(H,11,13)(H3,10,12,14). The van der Waals surface area contributed by atoms with E-state index in [9.17, 15) is 9.59 Å². The first-order chi connectivity index (χ1) is 6.61. The summed E-state index contributed by atoms with van der Waals surface area (Å²) in [6, 6.07) is -0.747. The SMILES string of the molecule is CCCCC(CC)C(=O)NNC(N)=O. The Labute approximate surface area is 84.4 Å². The maximum atomic E-state index is 11.4. The van der Waals surface area contributed by atoms with E-state index in [-0.39, 0.29) is 11.8 Å². The van der Waals surface area contributed by atoms with Gasteiger partial charge >= 0.3 is 6.03 Å². The molecule has 0 aliphatic rings. The first kappa shape index (κ1) is 12.7. The highest BCUT2D eigenvalue weighted by Crippen LogP contribution is 2.11. The molecule has 1 atom stereocenters. The van der Waals surface area contributed by atoms with Crippen molar-refractivity contribution in [2.24, 2.45) is 11.7 Å². The van der Waals surface area contributed by atoms with Gasteiger partial charge in [0.15, 0.2) is 0 Å². The Balaban J connectivity index is 3.85. The highest BCUT2D eigenvalue weighted by Gasteiger charge is 2.15. The van der Waals surface area contributed by atoms with Gasteiger partial charge in [-0.25, -0.2) is 10.2 Å². The van der Waals surface area contributed by atoms with Crippen LogP contribution in [0.4, 0.5) is 4.79 Å². The van der Waals surface area contributed by atoms with Crippen molar-refractivity contribution in [3.8, 4) is 0 Å². The van der Waals surface area contributed by atoms with Gasteiger partial charge in [0.25, 0.3) is 0 Å². The largest absolute Gasteiger partial charge is 0.350 e. The van der Waals surface area contributed by atoms with Crippen molar-refractivity contribution in [2.75, 3.05) is 0 Å². The second-order valence-electron chi connectivity index (χ2n) is 3.23. The normalized spacial score (nSPS) is 11.9. The average molecular weight is 201 g/mol. The molecule has 0 saturated carbocycles. The summed E-state index contributed by atoms with van der Waals surface area (Å²) in [6.45, 7) is 4.02. The van der Waals surface area contributed by atoms with Crippen LogP contribution in [-0.4, -0.2) is 11.9 Å². The number of nitrogens with two attached hydrogens (primary N) is 1. The molecule has 0 fully saturated rings. The molecule has 5 nitrogen and oxygen atoms in total. The summed E-state index contributed by atoms with van der Waals surface area (Å²) >= 11 is 0. The van der Waals surface area contributed by atoms with Crippen LogP contribution in [0.15, 0.2) is 0 Å². The predicted molar refractivity (Wildman–Crippen MR) is 54.2 cm³/mol. The minimum atomic E-state index is -0.747. The van der Waals surface area contributed by atoms with E-state index in [2.05, 4.69) is 17.8 Å². The molecular weight excluding hydrogens is 182 g/mol. The van der Waals surface area contributed by atoms with Crippen LogP contribution in [0.3, 0.4) is 0 Å². The quantitative estimate of drug-likeness (QED) is 0.577. The second-order valence-corrected chi connectivity index (χ2v) is 3.23. The second kappa shape index (κ2) is 7.17. The number of unbranched alkanes of at least 4 members (excludes halogenated alkanes) is 1. The van der Waals surface area contributed by atoms with Crippen molar-refractivity contribution in [2.45, 2.75) is 39.5 Å². The van der Waals surface area contributed by atoms with Gasteiger partial charge < -0.3 is 5.73 Å². The van der Waals surface area contributed by atoms with Crippen LogP contribution in [-0.2, 0) is 4.79 Å². The van der Waals surface area contributed by atoms with Crippen molar-refractivity contribution in [1.29, 1.82) is 0 Å². The first-order valence-corrected chi connectivity index (χ1v) is 4.97. The molecule has 4 N–H and O–H groups in total. The minimum absolute atomic E-state index is 0.0400. The van der Waals surface area contributed by atoms with E-state index < -0.39 is 6.03 Å². The number of hydrazine groups is 1. The number of carbonyl (C=O) groups is 2. The number of urea groups is 1. The molecule has 0 aliphatic carbocycles. The molecule has 0 rings (SSSR count). The topological polar surface area (TPSA) is 84.2 Å². The van der Waals surface area contributed by atoms with Crippen LogP contribution >= 0.6 is 0 Å². The third-order valence-corrected chi connectivity index (χ3v) is 2.08. The number of primary amides is 1. The van der Waals surface area contributed by atoms with Crippen molar-refractivity contribution in [3.63, 3.8) is 0 Å². The van der Waals surface area contributed by atoms with E-state index >= 15 is 0 Å². The Bertz CT molecular complexity index is 194. The molecule has 14 heavy (non-hydrogen) atoms. The third kappa shape index (κ3) is 5.40. The molecule has 0 aliphatic heterocycles. The Kier molecular flexibility index (Phi) is 6.53. The maximum Gasteiger partial charge on any atom is 0.330 e. The molecule has 0 aromatic heterocycles. The van der Waals surface area contributed by atoms with E-state index in [1.807, 2.05) is 6.92 Å². The van der Waals surface area contributed by atoms with E-state index in [1.54, 1.807) is 0 Å². The van der Waals surface area contributed by atoms with Gasteiger partial charge in [0.2, 0.25) is 5.91 Å². The number of nitrogens with one attached hydrogen (secondary N) is 2. The minimum Gasteiger partial charge on any atom is -0.350 e. The predicted octanol–water partition coefficient (Wildman–Crippen LogP) is 0.902. The van der Waals surface area contributed by atoms with Crippen LogP contribution in [0.1, 0.15) is 39.5 Å². The lowest BCUT2D eigenvalue weighted by molar-refractivity contribution is -0.126. The maximum absolute atomic E-state index is 11.4. The number of rotatable bonds is 5. The molecule has 0 aromatic rings. The molecule has 0 radical (unpaired) electrons. The Morgan fingerprint density at radius 3 is 2.36 bits per heavy atom. The molecule has 0 spiro atoms. The monoisotopic (exact) mass is 201 g/mol. The molecule has 0 aromatic carbocycles. The summed E-state index contributed by atoms with van der Waals surface area (Å²) in [5.41, 5.74) is 9.17. The van der Waals surface area contributed by atoms with Crippen molar-refractivity contribution >= 4 is 11.9 Å². The van der Waals surface area contributed by atoms with Crippen LogP contribution in [0.25, 0.3) is 0 Å². The molecular formula is C9H19N3O2. The lowest BCUT2D eigenvalue weighted by Gasteiger charge is -2.13. The van der Waals surface area contributed by atoms with E-state index in [0.29, 0.717) is 0 Å². The van der Waals surface area contributed by atoms with E-state index in [1.165, 1.54) is 0 Å². The van der Waals surface area contributed by atoms with Gasteiger partial charge in [0, 0.05) is 5.92 Å². The summed E-state index contributed by atoms with van der Waals surface area (Å²) in [5.74, 6) is -0.207. The number of amides is 3. The van der Waals surface area contributed by atoms with E-state index in [4.69, 9.17) is 5.73 Å². The van der Waals surface area contributed by atoms with Crippen LogP contribution in [0.2, 0.25) is 0 Å². The molecule has 0 heterocycles. The fourth-order valence-electron chi connectivity index (χ4n) is 1.20. The smallest absolute Gasteiger partial charge is 0.330 e. The molecule has 1 unspecified atom stereocenters. The number of carbonyl (C=O) groups excluding carboxylic acids is 2. The van der Waals surface area contributed by atoms with Gasteiger partial charge in [-0.3, -0.25) is 10.2 Å². The zero-order chi connectivity index (χ0) is 11.0. The molecule has 5 heteroatoms. The van der Waals surface area contributed by atoms with Crippen LogP contribution < -0.4 is 16.6 Å². The number of hydrogen-bond acceptors (Lipinski definition) is 2. The van der Waals surface area contributed by atoms with Gasteiger partial charge in [-0.2, -0.15) is 0 Å². The number of hydrogen-bond donors (Lipinski definition) is 3. The fourth-order valence-corrected chi connectivity index (χ4v) is 1.20. The Morgan fingerprint density at radius 1 is 1.29 bits per heavy atom. The van der Waals surface area contributed by atoms with Crippen LogP contribution in [0, 0.1) is 5.92 Å². The van der Waals surface area contributed by atoms with Gasteiger partial charge in [0.05, 0.1) is 0 Å². The zero-order valence-electron chi connectivity index (χ0n) is 8.80. The molecule has 3 amide bonds. The Hall–Kier alpha value is -1.26. The Morgan fingerprint density at radius 2 is 1.93 bits per heavy atom. The lowest BCUT2D eigenvalue weighted by atomic mass is 9.99. The van der Waals surface area contributed by atoms with Gasteiger partial charge in [-0.05, 0) is 12.8 Å². The summed E-state index contributed by atoms with van der Waals surface area (Å²) in [6.07, 6.45) is 3.70. The zero-order valence-corrected chi connectivity index (χ0v) is 8.80. The fraction of sp³-hybridized carbons (Fsp3) is 0.778. The summed E-state index contributed by atoms with van der Waals surface area (Å²) < 4.78 is 0. The molecule has 0 saturated heterocycles. The summed E-state index contributed by atoms with van der Waals surface area (Å²) in [7, 11) is 0. The summed E-state index contributed by atoms with van der Waals surface area (Å²) in [4.78, 5) is 21.7. The van der Waals surface area contributed by atoms with Gasteiger partial charge in [-0.15, -0.1) is 0 Å². The third-order valence-electron chi connectivity index (χ3n) is 2.08. The lowest BCUT2D eigenvalue weighted by Crippen LogP contribution is -2.46.